The number of nitrogens with one attached hydrogen (secondary N) is 2. The van der Waals surface area contributed by atoms with E-state index in [1.165, 1.54) is 0 Å². The number of nitrogens with zero attached hydrogens (tertiary/aromatic N) is 1. The summed E-state index contributed by atoms with van der Waals surface area (Å²) in [7, 11) is 0. The number of amides is 1. The average Bonchev–Trinajstić information content (AvgIpc) is 2.52. The Kier molecular flexibility index (Phi) is 4.87. The maximum atomic E-state index is 12.6. The summed E-state index contributed by atoms with van der Waals surface area (Å²) in [6.07, 6.45) is 1.12. The first-order valence-corrected chi connectivity index (χ1v) is 6.85. The van der Waals surface area contributed by atoms with Gasteiger partial charge in [-0.3, -0.25) is 25.8 Å². The molecule has 1 aliphatic carbocycles. The van der Waals surface area contributed by atoms with Crippen LogP contribution in [0, 0.1) is 16.0 Å². The number of hydrogen-bond acceptors (Lipinski definition) is 4. The summed E-state index contributed by atoms with van der Waals surface area (Å²) in [6, 6.07) is 2.06. The van der Waals surface area contributed by atoms with Crippen LogP contribution in [0.5, 0.6) is 0 Å². The zero-order valence-electron chi connectivity index (χ0n) is 11.9. The van der Waals surface area contributed by atoms with Gasteiger partial charge in [-0.15, -0.1) is 0 Å². The molecule has 0 fully saturated rings. The Morgan fingerprint density at radius 3 is 2.61 bits per heavy atom. The lowest BCUT2D eigenvalue weighted by molar-refractivity contribution is -0.384. The molecule has 1 unspecified atom stereocenters. The third-order valence-electron chi connectivity index (χ3n) is 3.48. The van der Waals surface area contributed by atoms with Gasteiger partial charge in [0.2, 0.25) is 5.91 Å². The van der Waals surface area contributed by atoms with E-state index in [0.717, 1.165) is 12.5 Å². The van der Waals surface area contributed by atoms with Crippen LogP contribution < -0.4 is 10.9 Å². The Bertz CT molecular complexity index is 644. The highest BCUT2D eigenvalue weighted by molar-refractivity contribution is 5.81. The molecule has 0 aromatic heterocycles. The molecule has 1 aromatic rings. The molecule has 1 atom stereocenters. The van der Waals surface area contributed by atoms with Crippen LogP contribution >= 0.6 is 0 Å². The molecule has 1 amide bonds. The van der Waals surface area contributed by atoms with Gasteiger partial charge in [0, 0.05) is 12.0 Å². The number of carbonyl (C=O) groups excluding carboxylic acids is 1. The van der Waals surface area contributed by atoms with Crippen molar-refractivity contribution in [2.45, 2.75) is 25.4 Å². The highest BCUT2D eigenvalue weighted by atomic mass is 19.4. The zero-order chi connectivity index (χ0) is 17.0. The van der Waals surface area contributed by atoms with E-state index in [1.54, 1.807) is 0 Å². The molecule has 124 valence electrons. The predicted octanol–water partition coefficient (Wildman–Crippen LogP) is 3.41. The molecule has 0 spiro atoms. The van der Waals surface area contributed by atoms with Crippen molar-refractivity contribution in [2.75, 3.05) is 5.43 Å². The SMILES string of the molecule is O=C(NNc1ccc(C(F)(F)F)cc1[N+](=O)[O-])C1CC=CCC1. The summed E-state index contributed by atoms with van der Waals surface area (Å²) in [6.45, 7) is 0. The van der Waals surface area contributed by atoms with Gasteiger partial charge in [0.05, 0.1) is 10.5 Å². The van der Waals surface area contributed by atoms with Crippen molar-refractivity contribution in [3.8, 4) is 0 Å². The minimum Gasteiger partial charge on any atom is -0.292 e. The standard InChI is InChI=1S/C14H14F3N3O3/c15-14(16,17)10-6-7-11(12(8-10)20(22)23)18-19-13(21)9-4-2-1-3-5-9/h1-2,6-9,18H,3-5H2,(H,19,21). The number of hydrazine groups is 1. The molecule has 6 nitrogen and oxygen atoms in total. The van der Waals surface area contributed by atoms with Gasteiger partial charge < -0.3 is 0 Å². The van der Waals surface area contributed by atoms with Gasteiger partial charge in [0.25, 0.3) is 5.69 Å². The topological polar surface area (TPSA) is 84.3 Å². The molecule has 1 aromatic carbocycles. The number of halogens is 3. The molecular formula is C14H14F3N3O3. The summed E-state index contributed by atoms with van der Waals surface area (Å²) in [5.74, 6) is -0.621. The van der Waals surface area contributed by atoms with E-state index < -0.39 is 22.4 Å². The molecular weight excluding hydrogens is 315 g/mol. The van der Waals surface area contributed by atoms with Crippen LogP contribution in [-0.4, -0.2) is 10.8 Å². The van der Waals surface area contributed by atoms with E-state index in [2.05, 4.69) is 10.9 Å². The number of benzene rings is 1. The molecule has 0 saturated heterocycles. The highest BCUT2D eigenvalue weighted by Crippen LogP contribution is 2.34. The Hall–Kier alpha value is -2.58. The highest BCUT2D eigenvalue weighted by Gasteiger charge is 2.33. The third kappa shape index (κ3) is 4.21. The number of anilines is 1. The lowest BCUT2D eigenvalue weighted by atomic mass is 9.94. The van der Waals surface area contributed by atoms with E-state index in [-0.39, 0.29) is 17.5 Å². The average molecular weight is 329 g/mol. The first-order chi connectivity index (χ1) is 10.8. The number of nitro benzene ring substituents is 1. The Morgan fingerprint density at radius 1 is 1.30 bits per heavy atom. The molecule has 0 radical (unpaired) electrons. The fourth-order valence-electron chi connectivity index (χ4n) is 2.23. The number of rotatable bonds is 4. The molecule has 0 aliphatic heterocycles. The van der Waals surface area contributed by atoms with Crippen molar-refractivity contribution < 1.29 is 22.9 Å². The quantitative estimate of drug-likeness (QED) is 0.504. The fourth-order valence-corrected chi connectivity index (χ4v) is 2.23. The molecule has 0 bridgehead atoms. The van der Waals surface area contributed by atoms with Crippen LogP contribution in [0.4, 0.5) is 24.5 Å². The summed E-state index contributed by atoms with van der Waals surface area (Å²) < 4.78 is 37.8. The predicted molar refractivity (Wildman–Crippen MR) is 76.3 cm³/mol. The molecule has 0 saturated carbocycles. The van der Waals surface area contributed by atoms with E-state index in [0.29, 0.717) is 25.0 Å². The van der Waals surface area contributed by atoms with Crippen molar-refractivity contribution in [1.82, 2.24) is 5.43 Å². The summed E-state index contributed by atoms with van der Waals surface area (Å²) in [5.41, 5.74) is 2.56. The van der Waals surface area contributed by atoms with E-state index in [4.69, 9.17) is 0 Å². The number of carbonyl (C=O) groups is 1. The van der Waals surface area contributed by atoms with Crippen LogP contribution in [-0.2, 0) is 11.0 Å². The summed E-state index contributed by atoms with van der Waals surface area (Å²) in [4.78, 5) is 21.9. The maximum absolute atomic E-state index is 12.6. The second-order valence-electron chi connectivity index (χ2n) is 5.08. The normalized spacial score (nSPS) is 17.6. The van der Waals surface area contributed by atoms with E-state index in [1.807, 2.05) is 12.2 Å². The van der Waals surface area contributed by atoms with Crippen molar-refractivity contribution in [1.29, 1.82) is 0 Å². The Balaban J connectivity index is 2.11. The van der Waals surface area contributed by atoms with Gasteiger partial charge in [-0.05, 0) is 31.4 Å². The number of hydrogen-bond donors (Lipinski definition) is 2. The lowest BCUT2D eigenvalue weighted by Crippen LogP contribution is -2.35. The largest absolute Gasteiger partial charge is 0.416 e. The van der Waals surface area contributed by atoms with E-state index in [9.17, 15) is 28.1 Å². The van der Waals surface area contributed by atoms with Crippen molar-refractivity contribution >= 4 is 17.3 Å². The van der Waals surface area contributed by atoms with Crippen LogP contribution in [0.1, 0.15) is 24.8 Å². The van der Waals surface area contributed by atoms with Gasteiger partial charge in [-0.1, -0.05) is 12.2 Å². The third-order valence-corrected chi connectivity index (χ3v) is 3.48. The van der Waals surface area contributed by atoms with Crippen LogP contribution in [0.25, 0.3) is 0 Å². The monoisotopic (exact) mass is 329 g/mol. The molecule has 9 heteroatoms. The lowest BCUT2D eigenvalue weighted by Gasteiger charge is -2.18. The van der Waals surface area contributed by atoms with Gasteiger partial charge >= 0.3 is 6.18 Å². The molecule has 23 heavy (non-hydrogen) atoms. The number of nitro groups is 1. The summed E-state index contributed by atoms with van der Waals surface area (Å²) >= 11 is 0. The van der Waals surface area contributed by atoms with Crippen molar-refractivity contribution in [2.24, 2.45) is 5.92 Å². The second-order valence-corrected chi connectivity index (χ2v) is 5.08. The van der Waals surface area contributed by atoms with Gasteiger partial charge in [-0.2, -0.15) is 13.2 Å². The van der Waals surface area contributed by atoms with Gasteiger partial charge in [0.15, 0.2) is 0 Å². The van der Waals surface area contributed by atoms with Crippen LogP contribution in [0.3, 0.4) is 0 Å². The number of alkyl halides is 3. The zero-order valence-corrected chi connectivity index (χ0v) is 11.9. The molecule has 2 N–H and O–H groups in total. The fraction of sp³-hybridized carbons (Fsp3) is 0.357. The van der Waals surface area contributed by atoms with Crippen molar-refractivity contribution in [3.63, 3.8) is 0 Å². The molecule has 2 rings (SSSR count). The Labute approximate surface area is 129 Å². The number of allylic oxidation sites excluding steroid dienone is 2. The Morgan fingerprint density at radius 2 is 2.04 bits per heavy atom. The van der Waals surface area contributed by atoms with Crippen LogP contribution in [0.15, 0.2) is 30.4 Å². The smallest absolute Gasteiger partial charge is 0.292 e. The first-order valence-electron chi connectivity index (χ1n) is 6.85. The summed E-state index contributed by atoms with van der Waals surface area (Å²) in [5, 5.41) is 10.9. The molecule has 1 aliphatic rings. The maximum Gasteiger partial charge on any atom is 0.416 e. The minimum atomic E-state index is -4.68. The first kappa shape index (κ1) is 16.8. The van der Waals surface area contributed by atoms with Crippen LogP contribution in [0.2, 0.25) is 0 Å². The van der Waals surface area contributed by atoms with E-state index >= 15 is 0 Å². The van der Waals surface area contributed by atoms with Gasteiger partial charge in [0.1, 0.15) is 5.69 Å². The molecule has 0 heterocycles. The second kappa shape index (κ2) is 6.67. The van der Waals surface area contributed by atoms with Crippen molar-refractivity contribution in [3.05, 3.63) is 46.0 Å². The van der Waals surface area contributed by atoms with Gasteiger partial charge in [-0.25, -0.2) is 0 Å². The minimum absolute atomic E-state index is 0.206.